The topological polar surface area (TPSA) is 50.9 Å². The number of pyridine rings is 1. The third-order valence-corrected chi connectivity index (χ3v) is 6.19. The van der Waals surface area contributed by atoms with Gasteiger partial charge in [0.25, 0.3) is 0 Å². The van der Waals surface area contributed by atoms with E-state index in [1.165, 1.54) is 0 Å². The normalized spacial score (nSPS) is 11.8. The Labute approximate surface area is 139 Å². The Kier molecular flexibility index (Phi) is 5.38. The number of aromatic nitrogens is 1. The molecule has 0 saturated heterocycles. The molecule has 0 atom stereocenters. The van der Waals surface area contributed by atoms with Crippen molar-refractivity contribution in [2.75, 3.05) is 23.9 Å². The van der Waals surface area contributed by atoms with Crippen LogP contribution in [-0.4, -0.2) is 22.5 Å². The van der Waals surface area contributed by atoms with E-state index in [2.05, 4.69) is 46.3 Å². The third kappa shape index (κ3) is 3.46. The quantitative estimate of drug-likeness (QED) is 0.711. The molecule has 3 N–H and O–H groups in total. The number of nitrogen functional groups attached to an aromatic ring is 1. The first kappa shape index (κ1) is 16.4. The lowest BCUT2D eigenvalue weighted by Gasteiger charge is -2.30. The maximum atomic E-state index is 6.06. The number of halogens is 1. The van der Waals surface area contributed by atoms with Crippen LogP contribution in [0.5, 0.6) is 0 Å². The summed E-state index contributed by atoms with van der Waals surface area (Å²) in [5, 5.41) is 4.56. The molecule has 1 aromatic carbocycles. The SMILES string of the molecule is CCC(CC)(CNc1ccc(N)c2cc(Br)cnc12)SC. The monoisotopic (exact) mass is 367 g/mol. The number of anilines is 2. The summed E-state index contributed by atoms with van der Waals surface area (Å²) >= 11 is 5.39. The number of nitrogens with two attached hydrogens (primary N) is 1. The Bertz CT molecular complexity index is 618. The molecule has 1 heterocycles. The van der Waals surface area contributed by atoms with E-state index in [0.717, 1.165) is 46.1 Å². The number of hydrogen-bond donors (Lipinski definition) is 2. The lowest BCUT2D eigenvalue weighted by molar-refractivity contribution is 0.575. The maximum Gasteiger partial charge on any atom is 0.0954 e. The highest BCUT2D eigenvalue weighted by atomic mass is 79.9. The van der Waals surface area contributed by atoms with Gasteiger partial charge in [0, 0.05) is 33.0 Å². The molecule has 2 rings (SSSR count). The van der Waals surface area contributed by atoms with E-state index < -0.39 is 0 Å². The first-order chi connectivity index (χ1) is 10.0. The molecule has 0 saturated carbocycles. The molecule has 0 aliphatic carbocycles. The van der Waals surface area contributed by atoms with E-state index in [4.69, 9.17) is 5.73 Å². The zero-order valence-corrected chi connectivity index (χ0v) is 15.1. The first-order valence-electron chi connectivity index (χ1n) is 7.18. The molecule has 0 radical (unpaired) electrons. The Morgan fingerprint density at radius 1 is 1.33 bits per heavy atom. The van der Waals surface area contributed by atoms with Gasteiger partial charge < -0.3 is 11.1 Å². The lowest BCUT2D eigenvalue weighted by atomic mass is 10.0. The van der Waals surface area contributed by atoms with Crippen molar-refractivity contribution in [2.24, 2.45) is 0 Å². The number of thioether (sulfide) groups is 1. The van der Waals surface area contributed by atoms with Gasteiger partial charge in [-0.25, -0.2) is 0 Å². The summed E-state index contributed by atoms with van der Waals surface area (Å²) in [7, 11) is 0. The van der Waals surface area contributed by atoms with Crippen molar-refractivity contribution >= 4 is 50.0 Å². The molecule has 2 aromatic rings. The van der Waals surface area contributed by atoms with Gasteiger partial charge in [0.1, 0.15) is 0 Å². The molecule has 114 valence electrons. The Morgan fingerprint density at radius 2 is 2.05 bits per heavy atom. The molecular weight excluding hydrogens is 346 g/mol. The summed E-state index contributed by atoms with van der Waals surface area (Å²) in [5.41, 5.74) is 8.80. The molecule has 0 aliphatic rings. The summed E-state index contributed by atoms with van der Waals surface area (Å²) < 4.78 is 1.21. The van der Waals surface area contributed by atoms with Crippen molar-refractivity contribution in [3.05, 3.63) is 28.9 Å². The van der Waals surface area contributed by atoms with Gasteiger partial charge in [-0.3, -0.25) is 4.98 Å². The molecule has 3 nitrogen and oxygen atoms in total. The highest BCUT2D eigenvalue weighted by Gasteiger charge is 2.24. The van der Waals surface area contributed by atoms with Crippen molar-refractivity contribution in [3.63, 3.8) is 0 Å². The van der Waals surface area contributed by atoms with E-state index in [1.54, 1.807) is 0 Å². The molecule has 0 aliphatic heterocycles. The Hall–Kier alpha value is -0.940. The minimum absolute atomic E-state index is 0.267. The lowest BCUT2D eigenvalue weighted by Crippen LogP contribution is -2.32. The molecule has 0 bridgehead atoms. The number of rotatable bonds is 6. The van der Waals surface area contributed by atoms with Crippen LogP contribution in [0, 0.1) is 0 Å². The van der Waals surface area contributed by atoms with Crippen LogP contribution < -0.4 is 11.1 Å². The molecule has 21 heavy (non-hydrogen) atoms. The summed E-state index contributed by atoms with van der Waals surface area (Å²) in [6.45, 7) is 5.42. The highest BCUT2D eigenvalue weighted by Crippen LogP contribution is 2.33. The van der Waals surface area contributed by atoms with Gasteiger partial charge in [-0.15, -0.1) is 0 Å². The standard InChI is InChI=1S/C16H22BrN3S/c1-4-16(5-2,21-3)10-20-14-7-6-13(18)12-8-11(17)9-19-15(12)14/h6-9,20H,4-5,10,18H2,1-3H3. The van der Waals surface area contributed by atoms with Crippen LogP contribution in [0.1, 0.15) is 26.7 Å². The van der Waals surface area contributed by atoms with E-state index in [-0.39, 0.29) is 4.75 Å². The summed E-state index contributed by atoms with van der Waals surface area (Å²) in [4.78, 5) is 4.52. The second kappa shape index (κ2) is 6.88. The average molecular weight is 368 g/mol. The second-order valence-corrected chi connectivity index (χ2v) is 7.39. The van der Waals surface area contributed by atoms with Crippen LogP contribution in [0.2, 0.25) is 0 Å². The number of hydrogen-bond acceptors (Lipinski definition) is 4. The molecule has 0 unspecified atom stereocenters. The van der Waals surface area contributed by atoms with Gasteiger partial charge in [0.05, 0.1) is 11.2 Å². The van der Waals surface area contributed by atoms with E-state index in [9.17, 15) is 0 Å². The smallest absolute Gasteiger partial charge is 0.0954 e. The van der Waals surface area contributed by atoms with Crippen LogP contribution in [0.25, 0.3) is 10.9 Å². The van der Waals surface area contributed by atoms with Crippen molar-refractivity contribution in [1.82, 2.24) is 4.98 Å². The predicted molar refractivity (Wildman–Crippen MR) is 99.2 cm³/mol. The van der Waals surface area contributed by atoms with Crippen LogP contribution in [0.3, 0.4) is 0 Å². The van der Waals surface area contributed by atoms with Gasteiger partial charge >= 0.3 is 0 Å². The van der Waals surface area contributed by atoms with E-state index in [1.807, 2.05) is 36.2 Å². The number of nitrogens with zero attached hydrogens (tertiary/aromatic N) is 1. The van der Waals surface area contributed by atoms with Gasteiger partial charge in [0.15, 0.2) is 0 Å². The van der Waals surface area contributed by atoms with Gasteiger partial charge in [-0.05, 0) is 53.2 Å². The van der Waals surface area contributed by atoms with Crippen molar-refractivity contribution < 1.29 is 0 Å². The zero-order chi connectivity index (χ0) is 15.5. The highest BCUT2D eigenvalue weighted by molar-refractivity contribution is 9.10. The number of benzene rings is 1. The van der Waals surface area contributed by atoms with Gasteiger partial charge in [-0.2, -0.15) is 11.8 Å². The fraction of sp³-hybridized carbons (Fsp3) is 0.438. The summed E-state index contributed by atoms with van der Waals surface area (Å²) in [6, 6.07) is 5.98. The molecule has 1 aromatic heterocycles. The minimum atomic E-state index is 0.267. The fourth-order valence-electron chi connectivity index (χ4n) is 2.48. The Morgan fingerprint density at radius 3 is 2.67 bits per heavy atom. The maximum absolute atomic E-state index is 6.06. The first-order valence-corrected chi connectivity index (χ1v) is 9.19. The largest absolute Gasteiger partial charge is 0.398 e. The van der Waals surface area contributed by atoms with Gasteiger partial charge in [0.2, 0.25) is 0 Å². The Balaban J connectivity index is 2.33. The van der Waals surface area contributed by atoms with Crippen molar-refractivity contribution in [3.8, 4) is 0 Å². The summed E-state index contributed by atoms with van der Waals surface area (Å²) in [6.07, 6.45) is 6.28. The van der Waals surface area contributed by atoms with Crippen LogP contribution in [0.4, 0.5) is 11.4 Å². The fourth-order valence-corrected chi connectivity index (χ4v) is 3.60. The molecule has 0 spiro atoms. The van der Waals surface area contributed by atoms with E-state index >= 15 is 0 Å². The summed E-state index contributed by atoms with van der Waals surface area (Å²) in [5.74, 6) is 0. The average Bonchev–Trinajstić information content (AvgIpc) is 2.51. The number of fused-ring (bicyclic) bond motifs is 1. The molecular formula is C16H22BrN3S. The predicted octanol–water partition coefficient (Wildman–Crippen LogP) is 4.91. The minimum Gasteiger partial charge on any atom is -0.398 e. The molecule has 5 heteroatoms. The molecule has 0 amide bonds. The van der Waals surface area contributed by atoms with E-state index in [0.29, 0.717) is 0 Å². The van der Waals surface area contributed by atoms with Crippen molar-refractivity contribution in [2.45, 2.75) is 31.4 Å². The van der Waals surface area contributed by atoms with Crippen LogP contribution >= 0.6 is 27.7 Å². The van der Waals surface area contributed by atoms with Gasteiger partial charge in [-0.1, -0.05) is 13.8 Å². The van der Waals surface area contributed by atoms with Crippen molar-refractivity contribution in [1.29, 1.82) is 0 Å². The second-order valence-electron chi connectivity index (χ2n) is 5.20. The molecule has 0 fully saturated rings. The number of nitrogens with one attached hydrogen (secondary N) is 1. The zero-order valence-electron chi connectivity index (χ0n) is 12.7. The van der Waals surface area contributed by atoms with Crippen LogP contribution in [-0.2, 0) is 0 Å². The third-order valence-electron chi connectivity index (χ3n) is 4.17. The van der Waals surface area contributed by atoms with Crippen LogP contribution in [0.15, 0.2) is 28.9 Å².